The lowest BCUT2D eigenvalue weighted by atomic mass is 10.2. The molecular weight excluding hydrogens is 544 g/mol. The number of nitrogens with zero attached hydrogens (tertiary/aromatic N) is 1. The zero-order valence-electron chi connectivity index (χ0n) is 13.8. The van der Waals surface area contributed by atoms with Crippen molar-refractivity contribution in [2.75, 3.05) is 6.61 Å². The first kappa shape index (κ1) is 19.9. The molecule has 27 heavy (non-hydrogen) atoms. The lowest BCUT2D eigenvalue weighted by Crippen LogP contribution is -2.16. The third-order valence-electron chi connectivity index (χ3n) is 3.45. The van der Waals surface area contributed by atoms with Gasteiger partial charge in [-0.3, -0.25) is 4.79 Å². The molecular formula is C19H13Br3N2O3. The SMILES string of the molecule is C=CCOc1c(Br)cc(/C=N\NC(=O)c2cc3cc(Br)ccc3o2)cc1Br. The van der Waals surface area contributed by atoms with Crippen molar-refractivity contribution in [2.45, 2.75) is 0 Å². The van der Waals surface area contributed by atoms with Gasteiger partial charge in [0, 0.05) is 9.86 Å². The van der Waals surface area contributed by atoms with Crippen LogP contribution < -0.4 is 10.2 Å². The van der Waals surface area contributed by atoms with Gasteiger partial charge in [-0.15, -0.1) is 0 Å². The normalized spacial score (nSPS) is 11.1. The second-order valence-corrected chi connectivity index (χ2v) is 8.03. The predicted molar refractivity (Wildman–Crippen MR) is 117 cm³/mol. The molecule has 1 N–H and O–H groups in total. The van der Waals surface area contributed by atoms with Gasteiger partial charge in [0.05, 0.1) is 15.2 Å². The van der Waals surface area contributed by atoms with Gasteiger partial charge < -0.3 is 9.15 Å². The quantitative estimate of drug-likeness (QED) is 0.228. The van der Waals surface area contributed by atoms with Crippen LogP contribution in [0.1, 0.15) is 16.1 Å². The molecule has 5 nitrogen and oxygen atoms in total. The van der Waals surface area contributed by atoms with E-state index in [1.807, 2.05) is 24.3 Å². The highest BCUT2D eigenvalue weighted by Crippen LogP contribution is 2.34. The molecule has 0 saturated carbocycles. The van der Waals surface area contributed by atoms with E-state index in [9.17, 15) is 4.79 Å². The summed E-state index contributed by atoms with van der Waals surface area (Å²) in [5.41, 5.74) is 3.87. The Morgan fingerprint density at radius 1 is 1.19 bits per heavy atom. The summed E-state index contributed by atoms with van der Waals surface area (Å²) in [7, 11) is 0. The van der Waals surface area contributed by atoms with E-state index >= 15 is 0 Å². The summed E-state index contributed by atoms with van der Waals surface area (Å²) in [4.78, 5) is 12.2. The molecule has 0 atom stereocenters. The number of furan rings is 1. The number of nitrogens with one attached hydrogen (secondary N) is 1. The van der Waals surface area contributed by atoms with Gasteiger partial charge in [0.2, 0.25) is 0 Å². The molecule has 0 saturated heterocycles. The molecule has 1 amide bonds. The van der Waals surface area contributed by atoms with Gasteiger partial charge in [-0.05, 0) is 73.8 Å². The van der Waals surface area contributed by atoms with Crippen molar-refractivity contribution >= 4 is 70.9 Å². The van der Waals surface area contributed by atoms with Gasteiger partial charge >= 0.3 is 5.91 Å². The summed E-state index contributed by atoms with van der Waals surface area (Å²) >= 11 is 10.3. The monoisotopic (exact) mass is 554 g/mol. The molecule has 3 rings (SSSR count). The number of carbonyl (C=O) groups is 1. The minimum Gasteiger partial charge on any atom is -0.487 e. The van der Waals surface area contributed by atoms with E-state index in [0.29, 0.717) is 17.9 Å². The summed E-state index contributed by atoms with van der Waals surface area (Å²) < 4.78 is 13.5. The van der Waals surface area contributed by atoms with Crippen molar-refractivity contribution in [3.8, 4) is 5.75 Å². The number of carbonyl (C=O) groups excluding carboxylic acids is 1. The molecule has 0 aliphatic heterocycles. The van der Waals surface area contributed by atoms with Crippen LogP contribution in [0.4, 0.5) is 0 Å². The maximum atomic E-state index is 12.2. The molecule has 8 heteroatoms. The van der Waals surface area contributed by atoms with Gasteiger partial charge in [-0.25, -0.2) is 5.43 Å². The van der Waals surface area contributed by atoms with Crippen LogP contribution in [-0.4, -0.2) is 18.7 Å². The Bertz CT molecular complexity index is 1020. The summed E-state index contributed by atoms with van der Waals surface area (Å²) in [6.45, 7) is 4.02. The second-order valence-electron chi connectivity index (χ2n) is 5.41. The average Bonchev–Trinajstić information content (AvgIpc) is 3.04. The van der Waals surface area contributed by atoms with E-state index < -0.39 is 5.91 Å². The Hall–Kier alpha value is -1.90. The Morgan fingerprint density at radius 3 is 2.63 bits per heavy atom. The number of hydrazone groups is 1. The Morgan fingerprint density at radius 2 is 1.93 bits per heavy atom. The fourth-order valence-corrected chi connectivity index (χ4v) is 4.11. The topological polar surface area (TPSA) is 63.8 Å². The molecule has 0 spiro atoms. The zero-order chi connectivity index (χ0) is 19.4. The predicted octanol–water partition coefficient (Wildman–Crippen LogP) is 6.05. The molecule has 1 aromatic heterocycles. The maximum Gasteiger partial charge on any atom is 0.307 e. The summed E-state index contributed by atoms with van der Waals surface area (Å²) in [6.07, 6.45) is 3.20. The Kier molecular flexibility index (Phi) is 6.51. The van der Waals surface area contributed by atoms with Crippen LogP contribution in [0.2, 0.25) is 0 Å². The molecule has 0 radical (unpaired) electrons. The first-order valence-electron chi connectivity index (χ1n) is 7.73. The number of benzene rings is 2. The van der Waals surface area contributed by atoms with Crippen molar-refractivity contribution < 1.29 is 13.9 Å². The second kappa shape index (κ2) is 8.86. The van der Waals surface area contributed by atoms with Crippen LogP contribution in [0.5, 0.6) is 5.75 Å². The van der Waals surface area contributed by atoms with Crippen molar-refractivity contribution in [3.63, 3.8) is 0 Å². The summed E-state index contributed by atoms with van der Waals surface area (Å²) in [5, 5.41) is 4.82. The number of rotatable bonds is 6. The van der Waals surface area contributed by atoms with E-state index in [2.05, 4.69) is 64.9 Å². The minimum absolute atomic E-state index is 0.191. The molecule has 2 aromatic carbocycles. The smallest absolute Gasteiger partial charge is 0.307 e. The lowest BCUT2D eigenvalue weighted by molar-refractivity contribution is 0.0929. The van der Waals surface area contributed by atoms with E-state index in [4.69, 9.17) is 9.15 Å². The Labute approximate surface area is 180 Å². The first-order valence-corrected chi connectivity index (χ1v) is 10.1. The maximum absolute atomic E-state index is 12.2. The zero-order valence-corrected chi connectivity index (χ0v) is 18.6. The third-order valence-corrected chi connectivity index (χ3v) is 5.12. The van der Waals surface area contributed by atoms with Gasteiger partial charge in [0.1, 0.15) is 17.9 Å². The van der Waals surface area contributed by atoms with Gasteiger partial charge in [0.25, 0.3) is 0 Å². The highest BCUT2D eigenvalue weighted by Gasteiger charge is 2.12. The van der Waals surface area contributed by atoms with Crippen LogP contribution >= 0.6 is 47.8 Å². The molecule has 0 aliphatic carbocycles. The van der Waals surface area contributed by atoms with Gasteiger partial charge in [-0.1, -0.05) is 28.6 Å². The van der Waals surface area contributed by atoms with Crippen LogP contribution in [0.25, 0.3) is 11.0 Å². The van der Waals surface area contributed by atoms with Crippen LogP contribution in [-0.2, 0) is 0 Å². The van der Waals surface area contributed by atoms with E-state index in [1.54, 1.807) is 18.2 Å². The van der Waals surface area contributed by atoms with Gasteiger partial charge in [0.15, 0.2) is 5.76 Å². The lowest BCUT2D eigenvalue weighted by Gasteiger charge is -2.09. The summed E-state index contributed by atoms with van der Waals surface area (Å²) in [5.74, 6) is 0.433. The largest absolute Gasteiger partial charge is 0.487 e. The number of amides is 1. The number of ether oxygens (including phenoxy) is 1. The third kappa shape index (κ3) is 4.88. The number of hydrogen-bond acceptors (Lipinski definition) is 4. The molecule has 0 bridgehead atoms. The van der Waals surface area contributed by atoms with E-state index in [1.165, 1.54) is 6.21 Å². The highest BCUT2D eigenvalue weighted by molar-refractivity contribution is 9.11. The number of halogens is 3. The Balaban J connectivity index is 1.70. The van der Waals surface area contributed by atoms with Crippen molar-refractivity contribution in [2.24, 2.45) is 5.10 Å². The minimum atomic E-state index is -0.428. The fourth-order valence-electron chi connectivity index (χ4n) is 2.28. The first-order chi connectivity index (χ1) is 13.0. The van der Waals surface area contributed by atoms with Crippen molar-refractivity contribution in [1.82, 2.24) is 5.43 Å². The van der Waals surface area contributed by atoms with Crippen LogP contribution in [0.15, 0.2) is 72.0 Å². The van der Waals surface area contributed by atoms with E-state index in [-0.39, 0.29) is 5.76 Å². The van der Waals surface area contributed by atoms with Crippen molar-refractivity contribution in [1.29, 1.82) is 0 Å². The average molecular weight is 557 g/mol. The molecule has 3 aromatic rings. The van der Waals surface area contributed by atoms with Crippen LogP contribution in [0, 0.1) is 0 Å². The highest BCUT2D eigenvalue weighted by atomic mass is 79.9. The molecule has 0 aliphatic rings. The van der Waals surface area contributed by atoms with Gasteiger partial charge in [-0.2, -0.15) is 5.10 Å². The van der Waals surface area contributed by atoms with Crippen molar-refractivity contribution in [3.05, 3.63) is 73.8 Å². The molecule has 1 heterocycles. The standard InChI is InChI=1S/C19H13Br3N2O3/c1-2-5-26-18-14(21)6-11(7-15(18)22)10-23-24-19(25)17-9-12-8-13(20)3-4-16(12)27-17/h2-4,6-10H,1,5H2,(H,24,25)/b23-10-. The number of fused-ring (bicyclic) bond motifs is 1. The summed E-state index contributed by atoms with van der Waals surface area (Å²) in [6, 6.07) is 10.9. The molecule has 0 fully saturated rings. The number of hydrogen-bond donors (Lipinski definition) is 1. The molecule has 138 valence electrons. The molecule has 0 unspecified atom stereocenters. The van der Waals surface area contributed by atoms with Crippen LogP contribution in [0.3, 0.4) is 0 Å². The van der Waals surface area contributed by atoms with E-state index in [0.717, 1.165) is 24.4 Å². The fraction of sp³-hybridized carbons (Fsp3) is 0.0526.